The molecule has 1 atom stereocenters. The summed E-state index contributed by atoms with van der Waals surface area (Å²) in [7, 11) is 0. The molecule has 8 heteroatoms. The lowest BCUT2D eigenvalue weighted by atomic mass is 10.3. The van der Waals surface area contributed by atoms with E-state index in [2.05, 4.69) is 25.5 Å². The van der Waals surface area contributed by atoms with Crippen LogP contribution in [0.25, 0.3) is 5.65 Å². The highest BCUT2D eigenvalue weighted by Crippen LogP contribution is 2.14. The summed E-state index contributed by atoms with van der Waals surface area (Å²) in [6.45, 7) is 5.35. The van der Waals surface area contributed by atoms with Crippen LogP contribution in [0, 0.1) is 19.8 Å². The molecular formula is C14H15FN6O. The van der Waals surface area contributed by atoms with Crippen molar-refractivity contribution >= 4 is 11.6 Å². The minimum Gasteiger partial charge on any atom is -0.341 e. The standard InChI is InChI=1S/C14H15FN6O/c1-7-4-5-21-10(6-7)18-11(12(21)15)14(22)16-8(2)13-17-9(3)19-20-13/h4-6,8H,1-3H3,(H,16,22)(H,17,19,20)/t8-/m0/s1. The first-order valence-corrected chi connectivity index (χ1v) is 6.79. The SMILES string of the molecule is Cc1ccn2c(F)c(C(=O)N[C@@H](C)c3n[nH]c(C)n3)nc2c1. The molecular weight excluding hydrogens is 287 g/mol. The molecule has 114 valence electrons. The number of halogens is 1. The number of pyridine rings is 1. The second-order valence-electron chi connectivity index (χ2n) is 5.16. The number of imidazole rings is 1. The monoisotopic (exact) mass is 302 g/mol. The van der Waals surface area contributed by atoms with Gasteiger partial charge in [0, 0.05) is 6.20 Å². The van der Waals surface area contributed by atoms with Crippen LogP contribution in [0.5, 0.6) is 0 Å². The fourth-order valence-electron chi connectivity index (χ4n) is 2.14. The number of carbonyl (C=O) groups is 1. The van der Waals surface area contributed by atoms with Gasteiger partial charge in [-0.2, -0.15) is 9.49 Å². The second kappa shape index (κ2) is 5.21. The Morgan fingerprint density at radius 2 is 2.18 bits per heavy atom. The number of nitrogens with zero attached hydrogens (tertiary/aromatic N) is 4. The number of aromatic amines is 1. The van der Waals surface area contributed by atoms with E-state index in [9.17, 15) is 9.18 Å². The van der Waals surface area contributed by atoms with Crippen molar-refractivity contribution in [3.8, 4) is 0 Å². The third-order valence-corrected chi connectivity index (χ3v) is 3.29. The Balaban J connectivity index is 1.87. The van der Waals surface area contributed by atoms with E-state index in [4.69, 9.17) is 0 Å². The second-order valence-corrected chi connectivity index (χ2v) is 5.16. The number of fused-ring (bicyclic) bond motifs is 1. The lowest BCUT2D eigenvalue weighted by Gasteiger charge is -2.08. The van der Waals surface area contributed by atoms with Crippen molar-refractivity contribution in [2.24, 2.45) is 0 Å². The van der Waals surface area contributed by atoms with E-state index < -0.39 is 17.9 Å². The van der Waals surface area contributed by atoms with Crippen molar-refractivity contribution in [2.75, 3.05) is 0 Å². The number of carbonyl (C=O) groups excluding carboxylic acids is 1. The van der Waals surface area contributed by atoms with Crippen LogP contribution in [0.3, 0.4) is 0 Å². The number of H-pyrrole nitrogens is 1. The Labute approximate surface area is 125 Å². The normalized spacial score (nSPS) is 12.5. The highest BCUT2D eigenvalue weighted by molar-refractivity contribution is 5.93. The molecule has 0 saturated heterocycles. The van der Waals surface area contributed by atoms with Crippen LogP contribution in [0.2, 0.25) is 0 Å². The van der Waals surface area contributed by atoms with Crippen molar-refractivity contribution in [3.63, 3.8) is 0 Å². The first-order chi connectivity index (χ1) is 10.5. The van der Waals surface area contributed by atoms with Crippen molar-refractivity contribution in [3.05, 3.63) is 47.2 Å². The molecule has 2 N–H and O–H groups in total. The van der Waals surface area contributed by atoms with E-state index in [0.717, 1.165) is 5.56 Å². The van der Waals surface area contributed by atoms with Gasteiger partial charge in [-0.05, 0) is 38.5 Å². The van der Waals surface area contributed by atoms with Crippen LogP contribution >= 0.6 is 0 Å². The number of nitrogens with one attached hydrogen (secondary N) is 2. The van der Waals surface area contributed by atoms with Crippen LogP contribution in [0.15, 0.2) is 18.3 Å². The topological polar surface area (TPSA) is 88.0 Å². The van der Waals surface area contributed by atoms with E-state index >= 15 is 0 Å². The molecule has 1 amide bonds. The number of aryl methyl sites for hydroxylation is 2. The highest BCUT2D eigenvalue weighted by Gasteiger charge is 2.22. The van der Waals surface area contributed by atoms with E-state index in [0.29, 0.717) is 17.3 Å². The molecule has 0 saturated carbocycles. The highest BCUT2D eigenvalue weighted by atomic mass is 19.1. The van der Waals surface area contributed by atoms with Crippen LogP contribution in [-0.4, -0.2) is 30.5 Å². The predicted molar refractivity (Wildman–Crippen MR) is 76.9 cm³/mol. The summed E-state index contributed by atoms with van der Waals surface area (Å²) in [5, 5.41) is 9.31. The Hall–Kier alpha value is -2.77. The van der Waals surface area contributed by atoms with Gasteiger partial charge in [-0.3, -0.25) is 14.3 Å². The van der Waals surface area contributed by atoms with Gasteiger partial charge in [0.2, 0.25) is 5.95 Å². The van der Waals surface area contributed by atoms with Crippen molar-refractivity contribution in [1.82, 2.24) is 29.9 Å². The summed E-state index contributed by atoms with van der Waals surface area (Å²) in [6.07, 6.45) is 1.55. The molecule has 0 aliphatic heterocycles. The summed E-state index contributed by atoms with van der Waals surface area (Å²) in [6, 6.07) is 3.00. The van der Waals surface area contributed by atoms with Crippen molar-refractivity contribution < 1.29 is 9.18 Å². The molecule has 3 aromatic rings. The van der Waals surface area contributed by atoms with Gasteiger partial charge in [-0.15, -0.1) is 0 Å². The number of rotatable bonds is 3. The van der Waals surface area contributed by atoms with Crippen LogP contribution < -0.4 is 5.32 Å². The van der Waals surface area contributed by atoms with Crippen molar-refractivity contribution in [2.45, 2.75) is 26.8 Å². The Morgan fingerprint density at radius 1 is 1.41 bits per heavy atom. The summed E-state index contributed by atoms with van der Waals surface area (Å²) < 4.78 is 15.5. The molecule has 0 fully saturated rings. The van der Waals surface area contributed by atoms with Gasteiger partial charge in [0.05, 0.1) is 6.04 Å². The maximum Gasteiger partial charge on any atom is 0.275 e. The minimum absolute atomic E-state index is 0.246. The van der Waals surface area contributed by atoms with Crippen LogP contribution in [-0.2, 0) is 0 Å². The van der Waals surface area contributed by atoms with Gasteiger partial charge in [0.25, 0.3) is 5.91 Å². The third-order valence-electron chi connectivity index (χ3n) is 3.29. The largest absolute Gasteiger partial charge is 0.341 e. The fraction of sp³-hybridized carbons (Fsp3) is 0.286. The lowest BCUT2D eigenvalue weighted by molar-refractivity contribution is 0.0929. The van der Waals surface area contributed by atoms with Crippen LogP contribution in [0.1, 0.15) is 40.7 Å². The lowest BCUT2D eigenvalue weighted by Crippen LogP contribution is -2.28. The zero-order valence-corrected chi connectivity index (χ0v) is 12.4. The van der Waals surface area contributed by atoms with Gasteiger partial charge in [0.1, 0.15) is 11.5 Å². The summed E-state index contributed by atoms with van der Waals surface area (Å²) in [5.74, 6) is -0.212. The van der Waals surface area contributed by atoms with Crippen molar-refractivity contribution in [1.29, 1.82) is 0 Å². The Bertz CT molecular complexity index is 852. The molecule has 0 unspecified atom stereocenters. The van der Waals surface area contributed by atoms with E-state index in [1.54, 1.807) is 32.2 Å². The first kappa shape index (κ1) is 14.2. The fourth-order valence-corrected chi connectivity index (χ4v) is 2.14. The van der Waals surface area contributed by atoms with Gasteiger partial charge in [-0.1, -0.05) is 0 Å². The number of hydrogen-bond donors (Lipinski definition) is 2. The molecule has 0 radical (unpaired) electrons. The Morgan fingerprint density at radius 3 is 2.86 bits per heavy atom. The Kier molecular flexibility index (Phi) is 3.36. The molecule has 22 heavy (non-hydrogen) atoms. The third kappa shape index (κ3) is 2.43. The number of hydrogen-bond acceptors (Lipinski definition) is 4. The molecule has 3 aromatic heterocycles. The number of aromatic nitrogens is 5. The van der Waals surface area contributed by atoms with E-state index in [1.165, 1.54) is 4.40 Å². The molecule has 0 aromatic carbocycles. The molecule has 7 nitrogen and oxygen atoms in total. The van der Waals surface area contributed by atoms with Gasteiger partial charge < -0.3 is 5.32 Å². The van der Waals surface area contributed by atoms with E-state index in [-0.39, 0.29) is 5.69 Å². The molecule has 0 spiro atoms. The molecule has 3 rings (SSSR count). The molecule has 3 heterocycles. The average Bonchev–Trinajstić information content (AvgIpc) is 3.03. The quantitative estimate of drug-likeness (QED) is 0.771. The molecule has 0 aliphatic rings. The predicted octanol–water partition coefficient (Wildman–Crippen LogP) is 1.70. The smallest absolute Gasteiger partial charge is 0.275 e. The maximum atomic E-state index is 14.3. The summed E-state index contributed by atoms with van der Waals surface area (Å²) >= 11 is 0. The molecule has 0 bridgehead atoms. The summed E-state index contributed by atoms with van der Waals surface area (Å²) in [5.41, 5.74) is 1.09. The first-order valence-electron chi connectivity index (χ1n) is 6.79. The number of amides is 1. The maximum absolute atomic E-state index is 14.3. The zero-order chi connectivity index (χ0) is 15.9. The summed E-state index contributed by atoms with van der Waals surface area (Å²) in [4.78, 5) is 20.4. The van der Waals surface area contributed by atoms with Crippen LogP contribution in [0.4, 0.5) is 4.39 Å². The zero-order valence-electron chi connectivity index (χ0n) is 12.4. The van der Waals surface area contributed by atoms with Gasteiger partial charge >= 0.3 is 0 Å². The molecule has 0 aliphatic carbocycles. The van der Waals surface area contributed by atoms with E-state index in [1.807, 2.05) is 6.92 Å². The van der Waals surface area contributed by atoms with Gasteiger partial charge in [-0.25, -0.2) is 9.97 Å². The van der Waals surface area contributed by atoms with Gasteiger partial charge in [0.15, 0.2) is 11.5 Å². The minimum atomic E-state index is -0.689. The average molecular weight is 302 g/mol.